The summed E-state index contributed by atoms with van der Waals surface area (Å²) in [4.78, 5) is 17.2. The summed E-state index contributed by atoms with van der Waals surface area (Å²) in [6.07, 6.45) is 0.423. The monoisotopic (exact) mass is 210 g/mol. The van der Waals surface area contributed by atoms with Crippen molar-refractivity contribution in [2.24, 2.45) is 0 Å². The summed E-state index contributed by atoms with van der Waals surface area (Å²) in [5, 5.41) is 11.0. The molecule has 0 atom stereocenters. The summed E-state index contributed by atoms with van der Waals surface area (Å²) in [5.41, 5.74) is 0. The van der Waals surface area contributed by atoms with Crippen LogP contribution in [0.1, 0.15) is 6.42 Å². The highest BCUT2D eigenvalue weighted by Gasteiger charge is 2.05. The maximum Gasteiger partial charge on any atom is 0.321 e. The van der Waals surface area contributed by atoms with E-state index in [0.717, 1.165) is 0 Å². The Hall–Kier alpha value is -0.0200. The SMILES string of the molecule is N#CCCNCCOP(O)(O)=S. The van der Waals surface area contributed by atoms with Gasteiger partial charge in [-0.05, 0) is 11.8 Å². The highest BCUT2D eigenvalue weighted by atomic mass is 32.5. The molecule has 0 heterocycles. The van der Waals surface area contributed by atoms with E-state index >= 15 is 0 Å². The van der Waals surface area contributed by atoms with Crippen LogP contribution in [-0.2, 0) is 16.3 Å². The second-order valence-electron chi connectivity index (χ2n) is 1.98. The van der Waals surface area contributed by atoms with Crippen molar-refractivity contribution in [3.63, 3.8) is 0 Å². The lowest BCUT2D eigenvalue weighted by Gasteiger charge is -2.07. The van der Waals surface area contributed by atoms with Crippen molar-refractivity contribution < 1.29 is 14.3 Å². The third-order valence-corrected chi connectivity index (χ3v) is 1.79. The smallest absolute Gasteiger partial charge is 0.321 e. The Morgan fingerprint density at radius 1 is 1.50 bits per heavy atom. The van der Waals surface area contributed by atoms with Crippen LogP contribution in [0.2, 0.25) is 0 Å². The molecule has 0 aromatic rings. The van der Waals surface area contributed by atoms with Crippen LogP contribution in [-0.4, -0.2) is 29.5 Å². The normalized spacial score (nSPS) is 11.1. The maximum absolute atomic E-state index is 8.60. The molecule has 0 bridgehead atoms. The average molecular weight is 210 g/mol. The van der Waals surface area contributed by atoms with E-state index < -0.39 is 6.72 Å². The Morgan fingerprint density at radius 2 is 2.17 bits per heavy atom. The van der Waals surface area contributed by atoms with Gasteiger partial charge in [-0.25, -0.2) is 0 Å². The summed E-state index contributed by atoms with van der Waals surface area (Å²) in [5.74, 6) is 0. The molecule has 0 spiro atoms. The highest BCUT2D eigenvalue weighted by molar-refractivity contribution is 8.06. The highest BCUT2D eigenvalue weighted by Crippen LogP contribution is 2.35. The molecular formula is C5H11N2O3PS. The Balaban J connectivity index is 3.13. The van der Waals surface area contributed by atoms with Gasteiger partial charge >= 0.3 is 6.72 Å². The second kappa shape index (κ2) is 6.49. The lowest BCUT2D eigenvalue weighted by atomic mass is 10.5. The zero-order chi connectivity index (χ0) is 9.45. The first-order valence-corrected chi connectivity index (χ1v) is 5.96. The third-order valence-electron chi connectivity index (χ3n) is 0.952. The van der Waals surface area contributed by atoms with Gasteiger partial charge in [-0.15, -0.1) is 0 Å². The number of nitrogens with one attached hydrogen (secondary N) is 1. The molecule has 0 aromatic heterocycles. The van der Waals surface area contributed by atoms with Crippen molar-refractivity contribution in [3.8, 4) is 6.07 Å². The van der Waals surface area contributed by atoms with Gasteiger partial charge in [-0.2, -0.15) is 5.26 Å². The Morgan fingerprint density at radius 3 is 2.67 bits per heavy atom. The van der Waals surface area contributed by atoms with Crippen LogP contribution < -0.4 is 5.32 Å². The van der Waals surface area contributed by atoms with E-state index in [0.29, 0.717) is 19.5 Å². The lowest BCUT2D eigenvalue weighted by Crippen LogP contribution is -2.20. The molecule has 0 aliphatic rings. The maximum atomic E-state index is 8.60. The summed E-state index contributed by atoms with van der Waals surface area (Å²) >= 11 is 4.21. The summed E-state index contributed by atoms with van der Waals surface area (Å²) in [6, 6.07) is 1.96. The molecule has 0 amide bonds. The molecule has 0 aromatic carbocycles. The van der Waals surface area contributed by atoms with Crippen LogP contribution in [0.3, 0.4) is 0 Å². The zero-order valence-electron chi connectivity index (χ0n) is 6.43. The molecular weight excluding hydrogens is 199 g/mol. The number of hydrogen-bond donors (Lipinski definition) is 3. The van der Waals surface area contributed by atoms with Gasteiger partial charge < -0.3 is 19.6 Å². The largest absolute Gasteiger partial charge is 0.325 e. The van der Waals surface area contributed by atoms with E-state index in [4.69, 9.17) is 15.0 Å². The van der Waals surface area contributed by atoms with E-state index in [9.17, 15) is 0 Å². The van der Waals surface area contributed by atoms with Crippen molar-refractivity contribution in [1.29, 1.82) is 5.26 Å². The van der Waals surface area contributed by atoms with Gasteiger partial charge in [0.2, 0.25) is 0 Å². The van der Waals surface area contributed by atoms with Crippen LogP contribution in [0.25, 0.3) is 0 Å². The minimum Gasteiger partial charge on any atom is -0.325 e. The van der Waals surface area contributed by atoms with E-state index in [2.05, 4.69) is 21.6 Å². The van der Waals surface area contributed by atoms with E-state index in [1.165, 1.54) is 0 Å². The standard InChI is InChI=1S/C5H11N2O3PS/c6-2-1-3-7-4-5-10-11(8,9)12/h7H,1,3-5H2,(H2,8,9,12). The topological polar surface area (TPSA) is 85.5 Å². The minimum absolute atomic E-state index is 0.149. The van der Waals surface area contributed by atoms with Gasteiger partial charge in [0.15, 0.2) is 0 Å². The Kier molecular flexibility index (Phi) is 6.48. The molecule has 0 unspecified atom stereocenters. The summed E-state index contributed by atoms with van der Waals surface area (Å²) in [6.45, 7) is -2.32. The zero-order valence-corrected chi connectivity index (χ0v) is 8.14. The molecule has 0 aliphatic carbocycles. The van der Waals surface area contributed by atoms with E-state index in [-0.39, 0.29) is 6.61 Å². The fourth-order valence-corrected chi connectivity index (χ4v) is 1.06. The molecule has 0 fully saturated rings. The molecule has 0 radical (unpaired) electrons. The number of rotatable bonds is 6. The lowest BCUT2D eigenvalue weighted by molar-refractivity contribution is 0.252. The first kappa shape index (κ1) is 12.0. The fourth-order valence-electron chi connectivity index (χ4n) is 0.506. The molecule has 3 N–H and O–H groups in total. The van der Waals surface area contributed by atoms with Gasteiger partial charge in [-0.3, -0.25) is 0 Å². The van der Waals surface area contributed by atoms with E-state index in [1.54, 1.807) is 0 Å². The van der Waals surface area contributed by atoms with Crippen molar-refractivity contribution >= 4 is 18.5 Å². The quantitative estimate of drug-likeness (QED) is 0.413. The van der Waals surface area contributed by atoms with Crippen molar-refractivity contribution in [2.45, 2.75) is 6.42 Å². The van der Waals surface area contributed by atoms with Gasteiger partial charge in [-0.1, -0.05) is 0 Å². The Bertz CT molecular complexity index is 199. The molecule has 0 rings (SSSR count). The van der Waals surface area contributed by atoms with Crippen LogP contribution in [0.4, 0.5) is 0 Å². The predicted molar refractivity (Wildman–Crippen MR) is 47.8 cm³/mol. The second-order valence-corrected chi connectivity index (χ2v) is 4.65. The van der Waals surface area contributed by atoms with Gasteiger partial charge in [0.1, 0.15) is 0 Å². The van der Waals surface area contributed by atoms with E-state index in [1.807, 2.05) is 6.07 Å². The number of nitriles is 1. The molecule has 70 valence electrons. The van der Waals surface area contributed by atoms with Crippen LogP contribution in [0.5, 0.6) is 0 Å². The average Bonchev–Trinajstić information content (AvgIpc) is 1.94. The van der Waals surface area contributed by atoms with Gasteiger partial charge in [0.05, 0.1) is 12.7 Å². The predicted octanol–water partition coefficient (Wildman–Crippen LogP) is -0.285. The van der Waals surface area contributed by atoms with Gasteiger partial charge in [0, 0.05) is 19.5 Å². The minimum atomic E-state index is -3.49. The molecule has 0 aliphatic heterocycles. The molecule has 5 nitrogen and oxygen atoms in total. The molecule has 12 heavy (non-hydrogen) atoms. The summed E-state index contributed by atoms with van der Waals surface area (Å²) < 4.78 is 4.50. The van der Waals surface area contributed by atoms with Crippen molar-refractivity contribution in [3.05, 3.63) is 0 Å². The van der Waals surface area contributed by atoms with Gasteiger partial charge in [0.25, 0.3) is 0 Å². The number of nitrogens with zero attached hydrogens (tertiary/aromatic N) is 1. The molecule has 7 heteroatoms. The van der Waals surface area contributed by atoms with Crippen LogP contribution in [0.15, 0.2) is 0 Å². The Labute approximate surface area is 76.2 Å². The van der Waals surface area contributed by atoms with Crippen LogP contribution >= 0.6 is 6.72 Å². The first-order valence-electron chi connectivity index (χ1n) is 3.34. The van der Waals surface area contributed by atoms with Crippen LogP contribution in [0, 0.1) is 11.3 Å². The third kappa shape index (κ3) is 9.98. The number of hydrogen-bond acceptors (Lipinski definition) is 4. The first-order chi connectivity index (χ1) is 5.56. The summed E-state index contributed by atoms with van der Waals surface area (Å²) in [7, 11) is 0. The molecule has 0 saturated heterocycles. The fraction of sp³-hybridized carbons (Fsp3) is 0.800. The van der Waals surface area contributed by atoms with Crippen molar-refractivity contribution in [1.82, 2.24) is 5.32 Å². The molecule has 0 saturated carbocycles. The van der Waals surface area contributed by atoms with Crippen molar-refractivity contribution in [2.75, 3.05) is 19.7 Å².